The minimum absolute atomic E-state index is 0.204. The van der Waals surface area contributed by atoms with Crippen LogP contribution in [0.1, 0.15) is 12.8 Å². The minimum Gasteiger partial charge on any atom is -0.481 e. The average molecular weight is 340 g/mol. The zero-order valence-electron chi connectivity index (χ0n) is 14.3. The van der Waals surface area contributed by atoms with Crippen molar-refractivity contribution in [3.05, 3.63) is 30.5 Å². The lowest BCUT2D eigenvalue weighted by Gasteiger charge is -2.33. The van der Waals surface area contributed by atoms with Crippen molar-refractivity contribution in [2.24, 2.45) is 5.92 Å². The molecule has 2 aliphatic rings. The van der Waals surface area contributed by atoms with E-state index in [1.165, 1.54) is 16.5 Å². The second-order valence-electron chi connectivity index (χ2n) is 6.84. The van der Waals surface area contributed by atoms with E-state index in [0.29, 0.717) is 12.8 Å². The molecule has 3 heterocycles. The molecule has 0 saturated carbocycles. The predicted molar refractivity (Wildman–Crippen MR) is 99.4 cm³/mol. The van der Waals surface area contributed by atoms with Gasteiger partial charge in [-0.05, 0) is 25.0 Å². The van der Waals surface area contributed by atoms with Gasteiger partial charge in [-0.15, -0.1) is 0 Å². The van der Waals surface area contributed by atoms with Crippen molar-refractivity contribution in [1.82, 2.24) is 10.3 Å². The number of rotatable bonds is 3. The van der Waals surface area contributed by atoms with E-state index in [2.05, 4.69) is 44.4 Å². The third-order valence-corrected chi connectivity index (χ3v) is 5.36. The van der Waals surface area contributed by atoms with Crippen LogP contribution in [-0.4, -0.2) is 55.3 Å². The zero-order valence-corrected chi connectivity index (χ0v) is 14.3. The Bertz CT molecular complexity index is 765. The zero-order chi connectivity index (χ0) is 17.2. The largest absolute Gasteiger partial charge is 0.481 e. The standard InChI is InChI=1S/C19H24N4O2/c24-19(25)14-5-10-22(11-6-14)17-3-1-2-16-15(17)4-7-21-18(16)23-12-8-20-9-13-23/h1-4,7,14,20H,5-6,8-13H2,(H,24,25). The van der Waals surface area contributed by atoms with Gasteiger partial charge in [0.25, 0.3) is 0 Å². The first-order chi connectivity index (χ1) is 12.2. The molecule has 2 fully saturated rings. The summed E-state index contributed by atoms with van der Waals surface area (Å²) in [5.74, 6) is 0.188. The topological polar surface area (TPSA) is 68.7 Å². The summed E-state index contributed by atoms with van der Waals surface area (Å²) < 4.78 is 0. The van der Waals surface area contributed by atoms with E-state index in [1.54, 1.807) is 0 Å². The number of pyridine rings is 1. The molecular weight excluding hydrogens is 316 g/mol. The van der Waals surface area contributed by atoms with Crippen LogP contribution < -0.4 is 15.1 Å². The van der Waals surface area contributed by atoms with Gasteiger partial charge in [-0.3, -0.25) is 4.79 Å². The molecule has 0 aliphatic carbocycles. The summed E-state index contributed by atoms with van der Waals surface area (Å²) in [6.07, 6.45) is 3.32. The van der Waals surface area contributed by atoms with Crippen molar-refractivity contribution in [1.29, 1.82) is 0 Å². The highest BCUT2D eigenvalue weighted by Crippen LogP contribution is 2.34. The van der Waals surface area contributed by atoms with Crippen LogP contribution in [0.15, 0.2) is 30.5 Å². The molecule has 2 aliphatic heterocycles. The lowest BCUT2D eigenvalue weighted by molar-refractivity contribution is -0.142. The van der Waals surface area contributed by atoms with Gasteiger partial charge in [0.15, 0.2) is 0 Å². The molecule has 25 heavy (non-hydrogen) atoms. The number of hydrogen-bond donors (Lipinski definition) is 2. The van der Waals surface area contributed by atoms with Crippen LogP contribution in [0.4, 0.5) is 11.5 Å². The van der Waals surface area contributed by atoms with E-state index in [9.17, 15) is 9.90 Å². The third-order valence-electron chi connectivity index (χ3n) is 5.36. The highest BCUT2D eigenvalue weighted by atomic mass is 16.4. The third kappa shape index (κ3) is 3.14. The summed E-state index contributed by atoms with van der Waals surface area (Å²) in [6.45, 7) is 5.50. The van der Waals surface area contributed by atoms with Gasteiger partial charge in [0, 0.05) is 61.9 Å². The van der Waals surface area contributed by atoms with Gasteiger partial charge in [-0.2, -0.15) is 0 Å². The van der Waals surface area contributed by atoms with Crippen molar-refractivity contribution >= 4 is 28.2 Å². The fourth-order valence-corrected chi connectivity index (χ4v) is 3.95. The number of fused-ring (bicyclic) bond motifs is 1. The summed E-state index contributed by atoms with van der Waals surface area (Å²) in [4.78, 5) is 20.5. The van der Waals surface area contributed by atoms with E-state index >= 15 is 0 Å². The molecule has 0 bridgehead atoms. The van der Waals surface area contributed by atoms with Gasteiger partial charge in [-0.25, -0.2) is 4.98 Å². The van der Waals surface area contributed by atoms with E-state index in [-0.39, 0.29) is 5.92 Å². The second-order valence-corrected chi connectivity index (χ2v) is 6.84. The molecule has 0 atom stereocenters. The van der Waals surface area contributed by atoms with Crippen LogP contribution in [0.2, 0.25) is 0 Å². The number of hydrogen-bond acceptors (Lipinski definition) is 5. The van der Waals surface area contributed by atoms with Gasteiger partial charge >= 0.3 is 5.97 Å². The predicted octanol–water partition coefficient (Wildman–Crippen LogP) is 1.95. The maximum atomic E-state index is 11.2. The smallest absolute Gasteiger partial charge is 0.306 e. The van der Waals surface area contributed by atoms with Gasteiger partial charge in [0.05, 0.1) is 5.92 Å². The molecule has 0 amide bonds. The Morgan fingerprint density at radius 1 is 1.04 bits per heavy atom. The van der Waals surface area contributed by atoms with E-state index in [1.807, 2.05) is 6.20 Å². The first kappa shape index (κ1) is 16.1. The maximum Gasteiger partial charge on any atom is 0.306 e. The van der Waals surface area contributed by atoms with Crippen molar-refractivity contribution in [3.63, 3.8) is 0 Å². The summed E-state index contributed by atoms with van der Waals surface area (Å²) in [6, 6.07) is 8.46. The number of nitrogens with zero attached hydrogens (tertiary/aromatic N) is 3. The van der Waals surface area contributed by atoms with Crippen molar-refractivity contribution in [3.8, 4) is 0 Å². The first-order valence-corrected chi connectivity index (χ1v) is 9.05. The number of piperazine rings is 1. The molecule has 0 radical (unpaired) electrons. The van der Waals surface area contributed by atoms with Crippen LogP contribution in [0.25, 0.3) is 10.8 Å². The normalized spacial score (nSPS) is 19.4. The molecule has 2 aromatic rings. The molecule has 0 unspecified atom stereocenters. The number of benzene rings is 1. The van der Waals surface area contributed by atoms with Gasteiger partial charge in [-0.1, -0.05) is 12.1 Å². The Balaban J connectivity index is 1.65. The summed E-state index contributed by atoms with van der Waals surface area (Å²) in [7, 11) is 0. The van der Waals surface area contributed by atoms with Gasteiger partial charge in [0.2, 0.25) is 0 Å². The fourth-order valence-electron chi connectivity index (χ4n) is 3.95. The molecule has 2 saturated heterocycles. The number of carboxylic acids is 1. The fraction of sp³-hybridized carbons (Fsp3) is 0.474. The molecule has 4 rings (SSSR count). The van der Waals surface area contributed by atoms with Crippen LogP contribution in [0.5, 0.6) is 0 Å². The van der Waals surface area contributed by atoms with Crippen LogP contribution in [0.3, 0.4) is 0 Å². The Morgan fingerprint density at radius 3 is 2.52 bits per heavy atom. The van der Waals surface area contributed by atoms with Crippen molar-refractivity contribution in [2.75, 3.05) is 49.1 Å². The molecule has 2 N–H and O–H groups in total. The number of piperidine rings is 1. The second kappa shape index (κ2) is 6.88. The monoisotopic (exact) mass is 340 g/mol. The average Bonchev–Trinajstić information content (AvgIpc) is 2.68. The molecule has 132 valence electrons. The van der Waals surface area contributed by atoms with E-state index in [0.717, 1.165) is 45.1 Å². The number of carbonyl (C=O) groups is 1. The lowest BCUT2D eigenvalue weighted by Crippen LogP contribution is -2.44. The molecule has 1 aromatic heterocycles. The van der Waals surface area contributed by atoms with E-state index in [4.69, 9.17) is 0 Å². The Labute approximate surface area is 147 Å². The molecule has 1 aromatic carbocycles. The van der Waals surface area contributed by atoms with Crippen LogP contribution in [0, 0.1) is 5.92 Å². The van der Waals surface area contributed by atoms with Gasteiger partial charge < -0.3 is 20.2 Å². The highest BCUT2D eigenvalue weighted by molar-refractivity contribution is 6.00. The Kier molecular flexibility index (Phi) is 4.44. The van der Waals surface area contributed by atoms with Crippen LogP contribution in [-0.2, 0) is 4.79 Å². The Hall–Kier alpha value is -2.34. The number of aromatic nitrogens is 1. The number of nitrogens with one attached hydrogen (secondary N) is 1. The molecular formula is C19H24N4O2. The molecule has 6 nitrogen and oxygen atoms in total. The van der Waals surface area contributed by atoms with Gasteiger partial charge in [0.1, 0.15) is 5.82 Å². The van der Waals surface area contributed by atoms with E-state index < -0.39 is 5.97 Å². The number of anilines is 2. The number of carboxylic acid groups (broad SMARTS) is 1. The Morgan fingerprint density at radius 2 is 1.80 bits per heavy atom. The first-order valence-electron chi connectivity index (χ1n) is 9.05. The number of aliphatic carboxylic acids is 1. The summed E-state index contributed by atoms with van der Waals surface area (Å²) in [5.41, 5.74) is 1.19. The van der Waals surface area contributed by atoms with Crippen LogP contribution >= 0.6 is 0 Å². The lowest BCUT2D eigenvalue weighted by atomic mass is 9.96. The minimum atomic E-state index is -0.664. The summed E-state index contributed by atoms with van der Waals surface area (Å²) >= 11 is 0. The molecule has 6 heteroatoms. The molecule has 0 spiro atoms. The SMILES string of the molecule is O=C(O)C1CCN(c2cccc3c(N4CCNCC4)nccc23)CC1. The van der Waals surface area contributed by atoms with Crippen molar-refractivity contribution in [2.45, 2.75) is 12.8 Å². The summed E-state index contributed by atoms with van der Waals surface area (Å²) in [5, 5.41) is 15.0. The maximum absolute atomic E-state index is 11.2. The van der Waals surface area contributed by atoms with Crippen molar-refractivity contribution < 1.29 is 9.90 Å². The highest BCUT2D eigenvalue weighted by Gasteiger charge is 2.25. The quantitative estimate of drug-likeness (QED) is 0.890.